The van der Waals surface area contributed by atoms with E-state index in [2.05, 4.69) is 10.2 Å². The molecule has 1 aromatic rings. The minimum absolute atomic E-state index is 0.0648. The van der Waals surface area contributed by atoms with E-state index in [1.54, 1.807) is 14.0 Å². The van der Waals surface area contributed by atoms with Crippen LogP contribution in [0.4, 0.5) is 0 Å². The number of amides is 1. The third-order valence-electron chi connectivity index (χ3n) is 2.46. The fourth-order valence-electron chi connectivity index (χ4n) is 1.24. The first-order valence-corrected chi connectivity index (χ1v) is 4.92. The molecule has 0 aliphatic heterocycles. The number of nitrogens with one attached hydrogen (secondary N) is 1. The Bertz CT molecular complexity index is 411. The molecule has 88 valence electrons. The molecule has 0 saturated carbocycles. The van der Waals surface area contributed by atoms with Crippen molar-refractivity contribution in [2.75, 3.05) is 13.6 Å². The second-order valence-corrected chi connectivity index (χ2v) is 3.69. The fraction of sp³-hybridized carbons (Fsp3) is 0.500. The van der Waals surface area contributed by atoms with E-state index in [0.717, 1.165) is 11.3 Å². The van der Waals surface area contributed by atoms with Gasteiger partial charge in [0.15, 0.2) is 5.69 Å². The highest BCUT2D eigenvalue weighted by Gasteiger charge is 2.18. The molecule has 0 unspecified atom stereocenters. The number of carboxylic acids is 1. The summed E-state index contributed by atoms with van der Waals surface area (Å²) in [6.45, 7) is 3.81. The van der Waals surface area contributed by atoms with Crippen molar-refractivity contribution in [2.24, 2.45) is 0 Å². The van der Waals surface area contributed by atoms with E-state index in [1.807, 2.05) is 6.92 Å². The number of hydrogen-bond acceptors (Lipinski definition) is 3. The van der Waals surface area contributed by atoms with Crippen LogP contribution in [-0.2, 0) is 4.79 Å². The molecule has 0 fully saturated rings. The van der Waals surface area contributed by atoms with Crippen LogP contribution in [0.2, 0.25) is 0 Å². The Balaban J connectivity index is 2.71. The number of aryl methyl sites for hydroxylation is 1. The number of H-pyrrole nitrogens is 1. The first-order valence-electron chi connectivity index (χ1n) is 4.92. The first kappa shape index (κ1) is 12.2. The average molecular weight is 225 g/mol. The summed E-state index contributed by atoms with van der Waals surface area (Å²) >= 11 is 0. The fourth-order valence-corrected chi connectivity index (χ4v) is 1.24. The van der Waals surface area contributed by atoms with E-state index in [-0.39, 0.29) is 18.9 Å². The van der Waals surface area contributed by atoms with Crippen LogP contribution in [0.3, 0.4) is 0 Å². The van der Waals surface area contributed by atoms with E-state index in [1.165, 1.54) is 4.90 Å². The summed E-state index contributed by atoms with van der Waals surface area (Å²) in [6, 6.07) is 0. The molecule has 6 nitrogen and oxygen atoms in total. The molecule has 0 saturated heterocycles. The lowest BCUT2D eigenvalue weighted by Gasteiger charge is -2.14. The number of carbonyl (C=O) groups is 2. The van der Waals surface area contributed by atoms with Crippen LogP contribution in [0.15, 0.2) is 0 Å². The van der Waals surface area contributed by atoms with Crippen LogP contribution in [0.5, 0.6) is 0 Å². The van der Waals surface area contributed by atoms with Crippen molar-refractivity contribution in [2.45, 2.75) is 20.3 Å². The maximum absolute atomic E-state index is 11.8. The summed E-state index contributed by atoms with van der Waals surface area (Å²) in [5, 5.41) is 15.1. The SMILES string of the molecule is Cc1[nH]nc(C(=O)N(C)CCC(=O)O)c1C. The van der Waals surface area contributed by atoms with Crippen LogP contribution < -0.4 is 0 Å². The molecule has 6 heteroatoms. The number of aromatic amines is 1. The molecule has 1 amide bonds. The van der Waals surface area contributed by atoms with Crippen molar-refractivity contribution in [1.29, 1.82) is 0 Å². The summed E-state index contributed by atoms with van der Waals surface area (Å²) < 4.78 is 0. The Morgan fingerprint density at radius 1 is 1.44 bits per heavy atom. The second kappa shape index (κ2) is 4.78. The van der Waals surface area contributed by atoms with Gasteiger partial charge in [-0.1, -0.05) is 0 Å². The summed E-state index contributed by atoms with van der Waals surface area (Å²) in [4.78, 5) is 23.6. The molecular weight excluding hydrogens is 210 g/mol. The van der Waals surface area contributed by atoms with E-state index in [9.17, 15) is 9.59 Å². The molecule has 0 aliphatic rings. The van der Waals surface area contributed by atoms with Gasteiger partial charge in [-0.15, -0.1) is 0 Å². The van der Waals surface area contributed by atoms with Crippen molar-refractivity contribution < 1.29 is 14.7 Å². The average Bonchev–Trinajstić information content (AvgIpc) is 2.55. The van der Waals surface area contributed by atoms with E-state index in [4.69, 9.17) is 5.11 Å². The number of aliphatic carboxylic acids is 1. The lowest BCUT2D eigenvalue weighted by molar-refractivity contribution is -0.137. The van der Waals surface area contributed by atoms with Gasteiger partial charge in [0.2, 0.25) is 0 Å². The number of carboxylic acid groups (broad SMARTS) is 1. The number of rotatable bonds is 4. The van der Waals surface area contributed by atoms with Crippen molar-refractivity contribution in [3.05, 3.63) is 17.0 Å². The monoisotopic (exact) mass is 225 g/mol. The van der Waals surface area contributed by atoms with Crippen molar-refractivity contribution in [3.63, 3.8) is 0 Å². The molecule has 0 atom stereocenters. The molecule has 0 spiro atoms. The largest absolute Gasteiger partial charge is 0.481 e. The van der Waals surface area contributed by atoms with Crippen LogP contribution in [0.25, 0.3) is 0 Å². The van der Waals surface area contributed by atoms with Gasteiger partial charge in [0.1, 0.15) is 0 Å². The van der Waals surface area contributed by atoms with E-state index in [0.29, 0.717) is 5.69 Å². The van der Waals surface area contributed by atoms with Gasteiger partial charge in [-0.25, -0.2) is 0 Å². The third kappa shape index (κ3) is 2.59. The smallest absolute Gasteiger partial charge is 0.305 e. The molecule has 0 aromatic carbocycles. The van der Waals surface area contributed by atoms with Crippen LogP contribution in [0.1, 0.15) is 28.2 Å². The first-order chi connectivity index (χ1) is 7.43. The molecule has 2 N–H and O–H groups in total. The lowest BCUT2D eigenvalue weighted by atomic mass is 10.2. The van der Waals surface area contributed by atoms with Gasteiger partial charge in [0.05, 0.1) is 6.42 Å². The maximum atomic E-state index is 11.8. The summed E-state index contributed by atoms with van der Waals surface area (Å²) in [5.41, 5.74) is 1.99. The third-order valence-corrected chi connectivity index (χ3v) is 2.46. The van der Waals surface area contributed by atoms with Gasteiger partial charge in [-0.2, -0.15) is 5.10 Å². The molecule has 16 heavy (non-hydrogen) atoms. The Morgan fingerprint density at radius 3 is 2.50 bits per heavy atom. The Labute approximate surface area is 93.3 Å². The Kier molecular flexibility index (Phi) is 3.65. The van der Waals surface area contributed by atoms with Crippen LogP contribution >= 0.6 is 0 Å². The topological polar surface area (TPSA) is 86.3 Å². The molecule has 0 aliphatic carbocycles. The van der Waals surface area contributed by atoms with E-state index >= 15 is 0 Å². The highest BCUT2D eigenvalue weighted by Crippen LogP contribution is 2.10. The van der Waals surface area contributed by atoms with E-state index < -0.39 is 5.97 Å². The lowest BCUT2D eigenvalue weighted by Crippen LogP contribution is -2.29. The summed E-state index contributed by atoms with van der Waals surface area (Å²) in [5.74, 6) is -1.18. The zero-order chi connectivity index (χ0) is 12.3. The minimum atomic E-state index is -0.922. The molecule has 0 bridgehead atoms. The molecule has 0 radical (unpaired) electrons. The summed E-state index contributed by atoms with van der Waals surface area (Å²) in [7, 11) is 1.56. The van der Waals surface area contributed by atoms with Crippen molar-refractivity contribution >= 4 is 11.9 Å². The Morgan fingerprint density at radius 2 is 2.06 bits per heavy atom. The number of hydrogen-bond donors (Lipinski definition) is 2. The molecular formula is C10H15N3O3. The zero-order valence-electron chi connectivity index (χ0n) is 9.57. The van der Waals surface area contributed by atoms with Crippen LogP contribution in [0, 0.1) is 13.8 Å². The van der Waals surface area contributed by atoms with Gasteiger partial charge in [-0.05, 0) is 13.8 Å². The van der Waals surface area contributed by atoms with Gasteiger partial charge < -0.3 is 10.0 Å². The Hall–Kier alpha value is -1.85. The maximum Gasteiger partial charge on any atom is 0.305 e. The van der Waals surface area contributed by atoms with Crippen LogP contribution in [-0.4, -0.2) is 45.7 Å². The highest BCUT2D eigenvalue weighted by molar-refractivity contribution is 5.93. The summed E-state index contributed by atoms with van der Waals surface area (Å²) in [6.07, 6.45) is -0.0648. The molecule has 1 rings (SSSR count). The normalized spacial score (nSPS) is 10.2. The van der Waals surface area contributed by atoms with Gasteiger partial charge >= 0.3 is 5.97 Å². The quantitative estimate of drug-likeness (QED) is 0.784. The predicted octanol–water partition coefficient (Wildman–Crippen LogP) is 0.573. The molecule has 1 aromatic heterocycles. The second-order valence-electron chi connectivity index (χ2n) is 3.69. The predicted molar refractivity (Wildman–Crippen MR) is 57.3 cm³/mol. The zero-order valence-corrected chi connectivity index (χ0v) is 9.57. The van der Waals surface area contributed by atoms with Gasteiger partial charge in [0, 0.05) is 24.8 Å². The number of carbonyl (C=O) groups excluding carboxylic acids is 1. The minimum Gasteiger partial charge on any atom is -0.481 e. The van der Waals surface area contributed by atoms with Gasteiger partial charge in [0.25, 0.3) is 5.91 Å². The standard InChI is InChI=1S/C10H15N3O3/c1-6-7(2)11-12-9(6)10(16)13(3)5-4-8(14)15/h4-5H2,1-3H3,(H,11,12)(H,14,15). The number of nitrogens with zero attached hydrogens (tertiary/aromatic N) is 2. The van der Waals surface area contributed by atoms with Gasteiger partial charge in [-0.3, -0.25) is 14.7 Å². The molecule has 1 heterocycles. The number of aromatic nitrogens is 2. The van der Waals surface area contributed by atoms with Crippen molar-refractivity contribution in [3.8, 4) is 0 Å². The van der Waals surface area contributed by atoms with Crippen molar-refractivity contribution in [1.82, 2.24) is 15.1 Å². The highest BCUT2D eigenvalue weighted by atomic mass is 16.4.